The zero-order chi connectivity index (χ0) is 14.0. The molecule has 1 unspecified atom stereocenters. The van der Waals surface area contributed by atoms with Gasteiger partial charge >= 0.3 is 0 Å². The van der Waals surface area contributed by atoms with Gasteiger partial charge in [0.1, 0.15) is 0 Å². The number of para-hydroxylation sites is 1. The standard InChI is InChI=1S/C16H24N2O2/c1-20-11-13(19)10-18-12-16(6-8-17-9-7-16)14-4-2-3-5-15(14)18/h2-5,13,17,19H,6-12H2,1H3. The van der Waals surface area contributed by atoms with Gasteiger partial charge in [0, 0.05) is 31.3 Å². The molecule has 1 atom stereocenters. The van der Waals surface area contributed by atoms with Crippen LogP contribution in [0.4, 0.5) is 5.69 Å². The molecule has 1 aromatic carbocycles. The van der Waals surface area contributed by atoms with E-state index in [-0.39, 0.29) is 5.41 Å². The van der Waals surface area contributed by atoms with Gasteiger partial charge in [-0.15, -0.1) is 0 Å². The SMILES string of the molecule is COCC(O)CN1CC2(CCNCC2)c2ccccc21. The van der Waals surface area contributed by atoms with Gasteiger partial charge in [0.2, 0.25) is 0 Å². The number of nitrogens with zero attached hydrogens (tertiary/aromatic N) is 1. The molecule has 0 radical (unpaired) electrons. The van der Waals surface area contributed by atoms with E-state index < -0.39 is 6.10 Å². The van der Waals surface area contributed by atoms with Crippen LogP contribution in [0.25, 0.3) is 0 Å². The number of aliphatic hydroxyl groups is 1. The lowest BCUT2D eigenvalue weighted by atomic mass is 9.75. The molecule has 0 amide bonds. The predicted octanol–water partition coefficient (Wildman–Crippen LogP) is 1.14. The van der Waals surface area contributed by atoms with Crippen LogP contribution in [0.2, 0.25) is 0 Å². The highest BCUT2D eigenvalue weighted by Crippen LogP contribution is 2.45. The molecule has 1 fully saturated rings. The summed E-state index contributed by atoms with van der Waals surface area (Å²) in [6.45, 7) is 4.24. The Balaban J connectivity index is 1.84. The van der Waals surface area contributed by atoms with E-state index in [1.165, 1.54) is 24.1 Å². The second kappa shape index (κ2) is 5.72. The maximum atomic E-state index is 10.0. The first-order valence-electron chi connectivity index (χ1n) is 7.47. The number of hydrogen-bond donors (Lipinski definition) is 2. The number of benzene rings is 1. The van der Waals surface area contributed by atoms with Crippen LogP contribution in [0.3, 0.4) is 0 Å². The molecule has 2 aliphatic rings. The Bertz CT molecular complexity index is 458. The number of piperidine rings is 1. The minimum atomic E-state index is -0.426. The number of fused-ring (bicyclic) bond motifs is 2. The maximum Gasteiger partial charge on any atom is 0.0947 e. The summed E-state index contributed by atoms with van der Waals surface area (Å²) >= 11 is 0. The predicted molar refractivity (Wildman–Crippen MR) is 80.3 cm³/mol. The van der Waals surface area contributed by atoms with Gasteiger partial charge in [0.05, 0.1) is 12.7 Å². The normalized spacial score (nSPS) is 22.0. The third kappa shape index (κ3) is 2.43. The van der Waals surface area contributed by atoms with Crippen LogP contribution in [0.5, 0.6) is 0 Å². The van der Waals surface area contributed by atoms with Crippen LogP contribution in [-0.2, 0) is 10.2 Å². The Hall–Kier alpha value is -1.10. The minimum absolute atomic E-state index is 0.272. The fraction of sp³-hybridized carbons (Fsp3) is 0.625. The highest BCUT2D eigenvalue weighted by Gasteiger charge is 2.43. The van der Waals surface area contributed by atoms with Crippen LogP contribution in [0.1, 0.15) is 18.4 Å². The van der Waals surface area contributed by atoms with Crippen molar-refractivity contribution >= 4 is 5.69 Å². The minimum Gasteiger partial charge on any atom is -0.389 e. The Morgan fingerprint density at radius 1 is 1.35 bits per heavy atom. The summed E-state index contributed by atoms with van der Waals surface area (Å²) in [7, 11) is 1.63. The number of anilines is 1. The third-order valence-corrected chi connectivity index (χ3v) is 4.66. The molecule has 20 heavy (non-hydrogen) atoms. The monoisotopic (exact) mass is 276 g/mol. The molecule has 0 aliphatic carbocycles. The molecule has 3 rings (SSSR count). The number of methoxy groups -OCH3 is 1. The zero-order valence-electron chi connectivity index (χ0n) is 12.1. The quantitative estimate of drug-likeness (QED) is 0.865. The van der Waals surface area contributed by atoms with Crippen molar-refractivity contribution < 1.29 is 9.84 Å². The van der Waals surface area contributed by atoms with Gasteiger partial charge in [-0.2, -0.15) is 0 Å². The lowest BCUT2D eigenvalue weighted by Gasteiger charge is -2.35. The van der Waals surface area contributed by atoms with Crippen LogP contribution < -0.4 is 10.2 Å². The second-order valence-electron chi connectivity index (χ2n) is 6.04. The fourth-order valence-electron chi connectivity index (χ4n) is 3.73. The van der Waals surface area contributed by atoms with Crippen LogP contribution >= 0.6 is 0 Å². The number of rotatable bonds is 4. The number of β-amino-alcohol motifs (C(OH)–C–C–N with tert-alkyl or cyclic N) is 1. The Morgan fingerprint density at radius 2 is 2.10 bits per heavy atom. The van der Waals surface area contributed by atoms with E-state index in [1.807, 2.05) is 0 Å². The summed E-state index contributed by atoms with van der Waals surface area (Å²) in [6, 6.07) is 8.68. The van der Waals surface area contributed by atoms with Crippen molar-refractivity contribution in [2.45, 2.75) is 24.4 Å². The smallest absolute Gasteiger partial charge is 0.0947 e. The summed E-state index contributed by atoms with van der Waals surface area (Å²) in [5.74, 6) is 0. The molecule has 1 saturated heterocycles. The molecule has 2 heterocycles. The van der Waals surface area contributed by atoms with Crippen molar-refractivity contribution in [2.75, 3.05) is 44.8 Å². The van der Waals surface area contributed by atoms with Crippen molar-refractivity contribution in [3.05, 3.63) is 29.8 Å². The lowest BCUT2D eigenvalue weighted by molar-refractivity contribution is 0.0685. The van der Waals surface area contributed by atoms with Crippen LogP contribution in [0.15, 0.2) is 24.3 Å². The Labute approximate surface area is 120 Å². The van der Waals surface area contributed by atoms with E-state index in [1.54, 1.807) is 7.11 Å². The van der Waals surface area contributed by atoms with Gasteiger partial charge in [0.25, 0.3) is 0 Å². The molecule has 110 valence electrons. The molecule has 1 spiro atoms. The summed E-state index contributed by atoms with van der Waals surface area (Å²) in [4.78, 5) is 2.34. The number of hydrogen-bond acceptors (Lipinski definition) is 4. The van der Waals surface area contributed by atoms with E-state index in [4.69, 9.17) is 4.74 Å². The zero-order valence-corrected chi connectivity index (χ0v) is 12.1. The molecule has 0 saturated carbocycles. The van der Waals surface area contributed by atoms with E-state index in [9.17, 15) is 5.11 Å². The maximum absolute atomic E-state index is 10.0. The van der Waals surface area contributed by atoms with Gasteiger partial charge in [-0.05, 0) is 37.6 Å². The first kappa shape index (κ1) is 13.9. The van der Waals surface area contributed by atoms with Crippen LogP contribution in [0, 0.1) is 0 Å². The average molecular weight is 276 g/mol. The summed E-state index contributed by atoms with van der Waals surface area (Å²) < 4.78 is 5.05. The molecule has 1 aromatic rings. The van der Waals surface area contributed by atoms with Crippen molar-refractivity contribution in [3.63, 3.8) is 0 Å². The topological polar surface area (TPSA) is 44.7 Å². The van der Waals surface area contributed by atoms with Crippen molar-refractivity contribution in [3.8, 4) is 0 Å². The largest absolute Gasteiger partial charge is 0.389 e. The summed E-state index contributed by atoms with van der Waals surface area (Å²) in [6.07, 6.45) is 1.94. The number of aliphatic hydroxyl groups excluding tert-OH is 1. The molecule has 0 bridgehead atoms. The van der Waals surface area contributed by atoms with Gasteiger partial charge in [-0.1, -0.05) is 18.2 Å². The van der Waals surface area contributed by atoms with E-state index >= 15 is 0 Å². The summed E-state index contributed by atoms with van der Waals surface area (Å²) in [5.41, 5.74) is 3.03. The Kier molecular flexibility index (Phi) is 3.96. The lowest BCUT2D eigenvalue weighted by Crippen LogP contribution is -2.44. The van der Waals surface area contributed by atoms with Gasteiger partial charge < -0.3 is 20.1 Å². The van der Waals surface area contributed by atoms with Gasteiger partial charge in [0.15, 0.2) is 0 Å². The van der Waals surface area contributed by atoms with Crippen molar-refractivity contribution in [1.29, 1.82) is 0 Å². The Morgan fingerprint density at radius 3 is 2.85 bits per heavy atom. The first-order valence-corrected chi connectivity index (χ1v) is 7.47. The molecule has 0 aromatic heterocycles. The van der Waals surface area contributed by atoms with Crippen LogP contribution in [-0.4, -0.2) is 51.1 Å². The fourth-order valence-corrected chi connectivity index (χ4v) is 3.73. The second-order valence-corrected chi connectivity index (χ2v) is 6.04. The van der Waals surface area contributed by atoms with Crippen molar-refractivity contribution in [2.24, 2.45) is 0 Å². The van der Waals surface area contributed by atoms with Crippen molar-refractivity contribution in [1.82, 2.24) is 5.32 Å². The molecular weight excluding hydrogens is 252 g/mol. The highest BCUT2D eigenvalue weighted by atomic mass is 16.5. The van der Waals surface area contributed by atoms with Gasteiger partial charge in [-0.3, -0.25) is 0 Å². The first-order chi connectivity index (χ1) is 9.75. The molecule has 4 nitrogen and oxygen atoms in total. The number of nitrogens with one attached hydrogen (secondary N) is 1. The van der Waals surface area contributed by atoms with E-state index in [0.29, 0.717) is 13.2 Å². The number of ether oxygens (including phenoxy) is 1. The molecular formula is C16H24N2O2. The average Bonchev–Trinajstić information content (AvgIpc) is 2.75. The highest BCUT2D eigenvalue weighted by molar-refractivity contribution is 5.63. The van der Waals surface area contributed by atoms with E-state index in [2.05, 4.69) is 34.5 Å². The third-order valence-electron chi connectivity index (χ3n) is 4.66. The van der Waals surface area contributed by atoms with Gasteiger partial charge in [-0.25, -0.2) is 0 Å². The van der Waals surface area contributed by atoms with E-state index in [0.717, 1.165) is 19.6 Å². The summed E-state index contributed by atoms with van der Waals surface area (Å²) in [5, 5.41) is 13.5. The molecule has 2 aliphatic heterocycles. The molecule has 2 N–H and O–H groups in total. The molecule has 4 heteroatoms.